The first-order valence-electron chi connectivity index (χ1n) is 22.2. The average molecular weight is 787 g/mol. The molecule has 0 N–H and O–H groups in total. The summed E-state index contributed by atoms with van der Waals surface area (Å²) >= 11 is 0. The molecule has 4 aliphatic carbocycles. The molecule has 4 bridgehead atoms. The highest BCUT2D eigenvalue weighted by Gasteiger charge is 2.51. The van der Waals surface area contributed by atoms with Gasteiger partial charge in [-0.2, -0.15) is 0 Å². The van der Waals surface area contributed by atoms with Crippen LogP contribution in [0.5, 0.6) is 0 Å². The smallest absolute Gasteiger partial charge is 0.213 e. The van der Waals surface area contributed by atoms with E-state index in [0.717, 1.165) is 68.1 Å². The van der Waals surface area contributed by atoms with Crippen LogP contribution in [0.15, 0.2) is 192 Å². The summed E-state index contributed by atoms with van der Waals surface area (Å²) in [5.74, 6) is 2.80. The van der Waals surface area contributed by atoms with Crippen LogP contribution in [0, 0.1) is 17.8 Å². The second kappa shape index (κ2) is 13.6. The minimum absolute atomic E-state index is 0.380. The molecule has 61 heavy (non-hydrogen) atoms. The van der Waals surface area contributed by atoms with E-state index in [2.05, 4.69) is 197 Å². The Hall–Kier alpha value is -6.84. The van der Waals surface area contributed by atoms with Crippen LogP contribution >= 0.6 is 0 Å². The molecule has 0 atom stereocenters. The summed E-state index contributed by atoms with van der Waals surface area (Å²) in [4.78, 5) is 2.44. The molecule has 3 nitrogen and oxygen atoms in total. The molecule has 14 rings (SSSR count). The maximum absolute atomic E-state index is 6.76. The topological polar surface area (TPSA) is 20.8 Å². The minimum Gasteiger partial charge on any atom is -0.438 e. The standard InChI is InChI=1S/C58H46N2O/c1-3-9-41(10-4-1)42-17-23-49(24-18-42)59(50-26-21-48(22-27-50)58-35-38-29-39(36-58)31-40(30-38)37-58)51-25-19-45-32-44(15-16-46(45)33-51)47-20-28-54-55(34-47)61-57-56(43-11-5-2-6-12-43)52-13-7-8-14-53(52)60(54)57/h1-28,32-34,38-40H,29-31,35-37H2. The van der Waals surface area contributed by atoms with Gasteiger partial charge in [-0.05, 0) is 167 Å². The summed E-state index contributed by atoms with van der Waals surface area (Å²) in [6, 6.07) is 69.1. The molecule has 2 heterocycles. The molecule has 0 saturated heterocycles. The number of benzene rings is 8. The highest BCUT2D eigenvalue weighted by molar-refractivity contribution is 6.07. The van der Waals surface area contributed by atoms with Crippen LogP contribution in [-0.2, 0) is 5.41 Å². The van der Waals surface area contributed by atoms with Gasteiger partial charge in [-0.1, -0.05) is 127 Å². The van der Waals surface area contributed by atoms with Crippen molar-refractivity contribution in [2.24, 2.45) is 17.8 Å². The first-order chi connectivity index (χ1) is 30.1. The van der Waals surface area contributed by atoms with Gasteiger partial charge in [-0.3, -0.25) is 4.40 Å². The van der Waals surface area contributed by atoms with E-state index in [1.54, 1.807) is 5.56 Å². The highest BCUT2D eigenvalue weighted by atomic mass is 16.3. The molecule has 0 radical (unpaired) electrons. The molecule has 0 unspecified atom stereocenters. The molecule has 3 heteroatoms. The van der Waals surface area contributed by atoms with E-state index in [1.165, 1.54) is 77.1 Å². The fourth-order valence-electron chi connectivity index (χ4n) is 12.4. The van der Waals surface area contributed by atoms with Crippen molar-refractivity contribution in [1.29, 1.82) is 0 Å². The zero-order valence-corrected chi connectivity index (χ0v) is 34.2. The predicted octanol–water partition coefficient (Wildman–Crippen LogP) is 15.9. The molecular formula is C58H46N2O. The number of nitrogens with zero attached hydrogens (tertiary/aromatic N) is 2. The number of fused-ring (bicyclic) bond motifs is 6. The van der Waals surface area contributed by atoms with Gasteiger partial charge in [-0.15, -0.1) is 0 Å². The van der Waals surface area contributed by atoms with Gasteiger partial charge in [0.1, 0.15) is 0 Å². The van der Waals surface area contributed by atoms with Crippen LogP contribution < -0.4 is 4.90 Å². The third-order valence-corrected chi connectivity index (χ3v) is 14.7. The van der Waals surface area contributed by atoms with E-state index in [9.17, 15) is 0 Å². The average Bonchev–Trinajstić information content (AvgIpc) is 3.84. The van der Waals surface area contributed by atoms with Crippen molar-refractivity contribution in [3.8, 4) is 33.4 Å². The number of aromatic nitrogens is 1. The van der Waals surface area contributed by atoms with Gasteiger partial charge in [0.25, 0.3) is 0 Å². The maximum Gasteiger partial charge on any atom is 0.213 e. The number of hydrogen-bond acceptors (Lipinski definition) is 2. The SMILES string of the molecule is c1ccc(-c2ccc(N(c3ccc(C45CC6CC(CC(C6)C4)C5)cc3)c3ccc4cc(-c5ccc6c(c5)oc5c(-c7ccccc7)c7ccccc7n56)ccc4c3)cc2)cc1. The van der Waals surface area contributed by atoms with Crippen molar-refractivity contribution in [2.75, 3.05) is 4.90 Å². The van der Waals surface area contributed by atoms with E-state index in [4.69, 9.17) is 4.42 Å². The van der Waals surface area contributed by atoms with Gasteiger partial charge in [-0.25, -0.2) is 0 Å². The molecule has 4 fully saturated rings. The third kappa shape index (κ3) is 5.71. The van der Waals surface area contributed by atoms with Crippen LogP contribution in [0.1, 0.15) is 44.1 Å². The lowest BCUT2D eigenvalue weighted by Crippen LogP contribution is -2.48. The Morgan fingerprint density at radius 3 is 1.70 bits per heavy atom. The zero-order chi connectivity index (χ0) is 40.1. The van der Waals surface area contributed by atoms with Crippen molar-refractivity contribution in [3.63, 3.8) is 0 Å². The van der Waals surface area contributed by atoms with Crippen molar-refractivity contribution in [1.82, 2.24) is 4.40 Å². The largest absolute Gasteiger partial charge is 0.438 e. The van der Waals surface area contributed by atoms with Crippen LogP contribution in [0.2, 0.25) is 0 Å². The summed E-state index contributed by atoms with van der Waals surface area (Å²) < 4.78 is 9.03. The van der Waals surface area contributed by atoms with Crippen LogP contribution in [0.4, 0.5) is 17.1 Å². The molecule has 4 aliphatic rings. The van der Waals surface area contributed by atoms with Gasteiger partial charge >= 0.3 is 0 Å². The predicted molar refractivity (Wildman–Crippen MR) is 253 cm³/mol. The molecular weight excluding hydrogens is 741 g/mol. The van der Waals surface area contributed by atoms with Crippen LogP contribution in [0.3, 0.4) is 0 Å². The van der Waals surface area contributed by atoms with Gasteiger partial charge < -0.3 is 9.32 Å². The molecule has 0 amide bonds. The summed E-state index contributed by atoms with van der Waals surface area (Å²) in [7, 11) is 0. The Bertz CT molecular complexity index is 3230. The molecule has 2 aromatic heterocycles. The monoisotopic (exact) mass is 786 g/mol. The second-order valence-electron chi connectivity index (χ2n) is 18.4. The van der Waals surface area contributed by atoms with Gasteiger partial charge in [0.15, 0.2) is 5.58 Å². The van der Waals surface area contributed by atoms with Crippen LogP contribution in [0.25, 0.3) is 71.9 Å². The Morgan fingerprint density at radius 1 is 0.443 bits per heavy atom. The first kappa shape index (κ1) is 35.0. The lowest BCUT2D eigenvalue weighted by atomic mass is 9.48. The number of rotatable bonds is 7. The van der Waals surface area contributed by atoms with E-state index < -0.39 is 0 Å². The number of hydrogen-bond donors (Lipinski definition) is 0. The van der Waals surface area contributed by atoms with Crippen molar-refractivity contribution in [2.45, 2.75) is 43.9 Å². The summed E-state index contributed by atoms with van der Waals surface area (Å²) in [6.45, 7) is 0. The molecule has 0 aliphatic heterocycles. The van der Waals surface area contributed by atoms with Crippen molar-refractivity contribution < 1.29 is 4.42 Å². The number of para-hydroxylation sites is 1. The second-order valence-corrected chi connectivity index (χ2v) is 18.4. The normalized spacial score (nSPS) is 20.6. The zero-order valence-electron chi connectivity index (χ0n) is 34.2. The molecule has 8 aromatic carbocycles. The quantitative estimate of drug-likeness (QED) is 0.160. The molecule has 4 saturated carbocycles. The summed E-state index contributed by atoms with van der Waals surface area (Å²) in [5, 5.41) is 3.62. The van der Waals surface area contributed by atoms with E-state index in [0.29, 0.717) is 5.41 Å². The van der Waals surface area contributed by atoms with E-state index in [-0.39, 0.29) is 0 Å². The Kier molecular flexibility index (Phi) is 7.79. The molecule has 10 aromatic rings. The number of oxazole rings is 1. The Morgan fingerprint density at radius 2 is 0.984 bits per heavy atom. The van der Waals surface area contributed by atoms with E-state index >= 15 is 0 Å². The molecule has 294 valence electrons. The summed E-state index contributed by atoms with van der Waals surface area (Å²) in [5.41, 5.74) is 16.5. The third-order valence-electron chi connectivity index (χ3n) is 14.7. The number of anilines is 3. The van der Waals surface area contributed by atoms with Gasteiger partial charge in [0.05, 0.1) is 16.6 Å². The maximum atomic E-state index is 6.76. The lowest BCUT2D eigenvalue weighted by Gasteiger charge is -2.57. The molecule has 0 spiro atoms. The summed E-state index contributed by atoms with van der Waals surface area (Å²) in [6.07, 6.45) is 8.56. The van der Waals surface area contributed by atoms with E-state index in [1.807, 2.05) is 0 Å². The lowest BCUT2D eigenvalue weighted by molar-refractivity contribution is -0.00518. The van der Waals surface area contributed by atoms with Gasteiger partial charge in [0.2, 0.25) is 5.71 Å². The Labute approximate surface area is 356 Å². The van der Waals surface area contributed by atoms with Crippen molar-refractivity contribution >= 4 is 55.6 Å². The minimum atomic E-state index is 0.380. The fourth-order valence-corrected chi connectivity index (χ4v) is 12.4. The Balaban J connectivity index is 0.866. The van der Waals surface area contributed by atoms with Crippen LogP contribution in [-0.4, -0.2) is 4.40 Å². The first-order valence-corrected chi connectivity index (χ1v) is 22.2. The van der Waals surface area contributed by atoms with Gasteiger partial charge in [0, 0.05) is 22.4 Å². The fraction of sp³-hybridized carbons (Fsp3) is 0.172. The highest BCUT2D eigenvalue weighted by Crippen LogP contribution is 2.61. The van der Waals surface area contributed by atoms with Crippen molar-refractivity contribution in [3.05, 3.63) is 194 Å².